The quantitative estimate of drug-likeness (QED) is 0.672. The number of nitrogens with one attached hydrogen (secondary N) is 1. The Morgan fingerprint density at radius 1 is 1.00 bits per heavy atom. The van der Waals surface area contributed by atoms with E-state index in [9.17, 15) is 13.2 Å². The highest BCUT2D eigenvalue weighted by Crippen LogP contribution is 2.23. The first-order chi connectivity index (χ1) is 13.5. The Morgan fingerprint density at radius 3 is 2.10 bits per heavy atom. The van der Waals surface area contributed by atoms with Crippen LogP contribution in [0.25, 0.3) is 11.0 Å². The van der Waals surface area contributed by atoms with E-state index in [1.807, 2.05) is 71.0 Å². The summed E-state index contributed by atoms with van der Waals surface area (Å²) in [4.78, 5) is 13.1. The molecule has 0 radical (unpaired) electrons. The van der Waals surface area contributed by atoms with Gasteiger partial charge in [0.2, 0.25) is 10.0 Å². The lowest BCUT2D eigenvalue weighted by molar-refractivity contribution is 0.397. The van der Waals surface area contributed by atoms with Crippen LogP contribution in [0.2, 0.25) is 0 Å². The van der Waals surface area contributed by atoms with Gasteiger partial charge in [-0.25, -0.2) is 17.9 Å². The molecule has 0 aliphatic heterocycles. The number of rotatable bonds is 6. The van der Waals surface area contributed by atoms with E-state index in [0.29, 0.717) is 4.90 Å². The van der Waals surface area contributed by atoms with E-state index in [1.54, 1.807) is 16.2 Å². The van der Waals surface area contributed by atoms with Gasteiger partial charge in [-0.15, -0.1) is 0 Å². The Balaban J connectivity index is 2.01. The second-order valence-electron chi connectivity index (χ2n) is 8.14. The summed E-state index contributed by atoms with van der Waals surface area (Å²) in [6.07, 6.45) is 0. The first-order valence-electron chi connectivity index (χ1n) is 9.77. The molecule has 0 aliphatic carbocycles. The summed E-state index contributed by atoms with van der Waals surface area (Å²) in [6, 6.07) is 10.9. The van der Waals surface area contributed by atoms with Crippen molar-refractivity contribution in [1.29, 1.82) is 0 Å². The Labute approximate surface area is 172 Å². The maximum absolute atomic E-state index is 13.2. The van der Waals surface area contributed by atoms with Gasteiger partial charge in [-0.3, -0.25) is 9.13 Å². The SMILES string of the molecule is Cc1cc(C)c(S(=O)(=O)NC(Cn2c(=O)n(C)c3ccccc32)C(C)C)c(C)c1. The smallest absolute Gasteiger partial charge is 0.295 e. The zero-order chi connectivity index (χ0) is 21.5. The number of benzene rings is 2. The maximum Gasteiger partial charge on any atom is 0.328 e. The van der Waals surface area contributed by atoms with E-state index < -0.39 is 16.1 Å². The second-order valence-corrected chi connectivity index (χ2v) is 9.79. The molecule has 0 aliphatic rings. The van der Waals surface area contributed by atoms with Crippen LogP contribution in [0.15, 0.2) is 46.1 Å². The first-order valence-corrected chi connectivity index (χ1v) is 11.3. The molecule has 1 atom stereocenters. The monoisotopic (exact) mass is 415 g/mol. The van der Waals surface area contributed by atoms with Crippen LogP contribution in [0.1, 0.15) is 30.5 Å². The van der Waals surface area contributed by atoms with Crippen LogP contribution >= 0.6 is 0 Å². The molecular formula is C22H29N3O3S. The fourth-order valence-corrected chi connectivity index (χ4v) is 5.80. The molecule has 1 heterocycles. The van der Waals surface area contributed by atoms with Crippen LogP contribution in [0.3, 0.4) is 0 Å². The molecule has 0 spiro atoms. The number of nitrogens with zero attached hydrogens (tertiary/aromatic N) is 2. The van der Waals surface area contributed by atoms with Crippen LogP contribution in [0.4, 0.5) is 0 Å². The molecular weight excluding hydrogens is 386 g/mol. The van der Waals surface area contributed by atoms with Crippen LogP contribution < -0.4 is 10.4 Å². The predicted molar refractivity (Wildman–Crippen MR) is 117 cm³/mol. The number of hydrogen-bond donors (Lipinski definition) is 1. The third-order valence-electron chi connectivity index (χ3n) is 5.42. The molecule has 0 bridgehead atoms. The predicted octanol–water partition coefficient (Wildman–Crippen LogP) is 3.27. The normalized spacial score (nSPS) is 13.3. The number of para-hydroxylation sites is 2. The van der Waals surface area contributed by atoms with Crippen molar-refractivity contribution >= 4 is 21.1 Å². The van der Waals surface area contributed by atoms with Gasteiger partial charge in [0.25, 0.3) is 0 Å². The summed E-state index contributed by atoms with van der Waals surface area (Å²) in [6.45, 7) is 9.76. The molecule has 1 unspecified atom stereocenters. The number of aromatic nitrogens is 2. The van der Waals surface area contributed by atoms with Crippen LogP contribution in [0, 0.1) is 26.7 Å². The van der Waals surface area contributed by atoms with Crippen molar-refractivity contribution in [2.24, 2.45) is 13.0 Å². The van der Waals surface area contributed by atoms with E-state index in [-0.39, 0.29) is 18.2 Å². The Hall–Kier alpha value is -2.38. The van der Waals surface area contributed by atoms with Crippen molar-refractivity contribution in [3.63, 3.8) is 0 Å². The van der Waals surface area contributed by atoms with Crippen molar-refractivity contribution in [3.05, 3.63) is 63.6 Å². The van der Waals surface area contributed by atoms with Gasteiger partial charge in [-0.05, 0) is 49.9 Å². The fourth-order valence-electron chi connectivity index (χ4n) is 3.97. The van der Waals surface area contributed by atoms with Crippen LogP contribution in [-0.2, 0) is 23.6 Å². The highest BCUT2D eigenvalue weighted by Gasteiger charge is 2.27. The van der Waals surface area contributed by atoms with E-state index >= 15 is 0 Å². The lowest BCUT2D eigenvalue weighted by atomic mass is 10.1. The second kappa shape index (κ2) is 7.80. The maximum atomic E-state index is 13.2. The molecule has 0 saturated heterocycles. The standard InChI is InChI=1S/C22H29N3O3S/c1-14(2)18(13-25-20-10-8-7-9-19(20)24(6)22(25)26)23-29(27,28)21-16(4)11-15(3)12-17(21)5/h7-12,14,18,23H,13H2,1-6H3. The molecule has 6 nitrogen and oxygen atoms in total. The van der Waals surface area contributed by atoms with Gasteiger partial charge >= 0.3 is 5.69 Å². The van der Waals surface area contributed by atoms with Crippen molar-refractivity contribution < 1.29 is 8.42 Å². The minimum atomic E-state index is -3.73. The summed E-state index contributed by atoms with van der Waals surface area (Å²) < 4.78 is 32.6. The van der Waals surface area contributed by atoms with Gasteiger partial charge in [0.1, 0.15) is 0 Å². The van der Waals surface area contributed by atoms with E-state index in [1.165, 1.54) is 0 Å². The van der Waals surface area contributed by atoms with Gasteiger partial charge in [0.15, 0.2) is 0 Å². The summed E-state index contributed by atoms with van der Waals surface area (Å²) in [5.41, 5.74) is 3.95. The fraction of sp³-hybridized carbons (Fsp3) is 0.409. The molecule has 1 aromatic heterocycles. The van der Waals surface area contributed by atoms with Crippen molar-refractivity contribution in [2.75, 3.05) is 0 Å². The summed E-state index contributed by atoms with van der Waals surface area (Å²) >= 11 is 0. The van der Waals surface area contributed by atoms with Crippen LogP contribution in [0.5, 0.6) is 0 Å². The Kier molecular flexibility index (Phi) is 5.74. The highest BCUT2D eigenvalue weighted by molar-refractivity contribution is 7.89. The molecule has 0 saturated carbocycles. The molecule has 156 valence electrons. The largest absolute Gasteiger partial charge is 0.328 e. The minimum Gasteiger partial charge on any atom is -0.295 e. The average molecular weight is 416 g/mol. The number of fused-ring (bicyclic) bond motifs is 1. The van der Waals surface area contributed by atoms with Crippen LogP contribution in [-0.4, -0.2) is 23.6 Å². The summed E-state index contributed by atoms with van der Waals surface area (Å²) in [5.74, 6) is 0.00158. The zero-order valence-corrected chi connectivity index (χ0v) is 18.7. The number of sulfonamides is 1. The lowest BCUT2D eigenvalue weighted by Crippen LogP contribution is -2.43. The molecule has 1 N–H and O–H groups in total. The number of hydrogen-bond acceptors (Lipinski definition) is 3. The minimum absolute atomic E-state index is 0.00158. The zero-order valence-electron chi connectivity index (χ0n) is 17.9. The Morgan fingerprint density at radius 2 is 1.55 bits per heavy atom. The summed E-state index contributed by atoms with van der Waals surface area (Å²) in [5, 5.41) is 0. The Bertz CT molecular complexity index is 1200. The first kappa shape index (κ1) is 21.3. The van der Waals surface area contributed by atoms with Crippen molar-refractivity contribution in [2.45, 2.75) is 52.1 Å². The van der Waals surface area contributed by atoms with Gasteiger partial charge in [-0.1, -0.05) is 43.7 Å². The molecule has 2 aromatic carbocycles. The van der Waals surface area contributed by atoms with Gasteiger partial charge in [-0.2, -0.15) is 0 Å². The molecule has 0 fully saturated rings. The third kappa shape index (κ3) is 4.02. The van der Waals surface area contributed by atoms with Gasteiger partial charge in [0.05, 0.1) is 15.9 Å². The molecule has 3 rings (SSSR count). The van der Waals surface area contributed by atoms with E-state index in [0.717, 1.165) is 27.7 Å². The third-order valence-corrected chi connectivity index (χ3v) is 7.21. The molecule has 7 heteroatoms. The molecule has 29 heavy (non-hydrogen) atoms. The van der Waals surface area contributed by atoms with Gasteiger partial charge in [0, 0.05) is 19.6 Å². The van der Waals surface area contributed by atoms with Gasteiger partial charge < -0.3 is 0 Å². The molecule has 3 aromatic rings. The molecule has 0 amide bonds. The number of imidazole rings is 1. The van der Waals surface area contributed by atoms with E-state index in [4.69, 9.17) is 0 Å². The number of aryl methyl sites for hydroxylation is 4. The topological polar surface area (TPSA) is 73.1 Å². The van der Waals surface area contributed by atoms with Crippen molar-refractivity contribution in [1.82, 2.24) is 13.9 Å². The van der Waals surface area contributed by atoms with E-state index in [2.05, 4.69) is 4.72 Å². The summed E-state index contributed by atoms with van der Waals surface area (Å²) in [7, 11) is -2.00. The highest BCUT2D eigenvalue weighted by atomic mass is 32.2. The lowest BCUT2D eigenvalue weighted by Gasteiger charge is -2.24. The van der Waals surface area contributed by atoms with Crippen molar-refractivity contribution in [3.8, 4) is 0 Å². The average Bonchev–Trinajstić information content (AvgIpc) is 2.85.